The molecule has 0 spiro atoms. The van der Waals surface area contributed by atoms with E-state index < -0.39 is 10.0 Å². The number of sulfonamides is 1. The fourth-order valence-electron chi connectivity index (χ4n) is 2.86. The number of benzene rings is 1. The van der Waals surface area contributed by atoms with Gasteiger partial charge in [0.15, 0.2) is 0 Å². The normalized spacial score (nSPS) is 26.6. The molecule has 0 radical (unpaired) electrons. The molecule has 0 amide bonds. The Hall–Kier alpha value is -1.07. The highest BCUT2D eigenvalue weighted by Crippen LogP contribution is 2.34. The van der Waals surface area contributed by atoms with Crippen LogP contribution in [-0.2, 0) is 10.0 Å². The first-order valence-corrected chi connectivity index (χ1v) is 8.79. The van der Waals surface area contributed by atoms with Crippen LogP contribution >= 0.6 is 0 Å². The van der Waals surface area contributed by atoms with Gasteiger partial charge in [0.1, 0.15) is 4.90 Å². The van der Waals surface area contributed by atoms with Gasteiger partial charge in [0.2, 0.25) is 10.0 Å². The molecule has 2 rings (SSSR count). The molecule has 2 N–H and O–H groups in total. The van der Waals surface area contributed by atoms with Crippen molar-refractivity contribution >= 4 is 15.7 Å². The lowest BCUT2D eigenvalue weighted by Gasteiger charge is -2.22. The quantitative estimate of drug-likeness (QED) is 0.878. The third-order valence-corrected chi connectivity index (χ3v) is 5.92. The first-order valence-electron chi connectivity index (χ1n) is 7.31. The smallest absolute Gasteiger partial charge is 0.242 e. The highest BCUT2D eigenvalue weighted by atomic mass is 32.2. The Morgan fingerprint density at radius 1 is 1.20 bits per heavy atom. The van der Waals surface area contributed by atoms with Crippen LogP contribution in [0.15, 0.2) is 29.2 Å². The monoisotopic (exact) mass is 296 g/mol. The summed E-state index contributed by atoms with van der Waals surface area (Å²) in [6, 6.07) is 7.48. The first-order chi connectivity index (χ1) is 9.45. The number of rotatable bonds is 5. The van der Waals surface area contributed by atoms with Crippen LogP contribution in [0, 0.1) is 11.8 Å². The minimum Gasteiger partial charge on any atom is -0.381 e. The Bertz CT molecular complexity index is 557. The number of nitrogens with one attached hydrogen (secondary N) is 2. The first kappa shape index (κ1) is 15.3. The molecule has 1 aromatic rings. The summed E-state index contributed by atoms with van der Waals surface area (Å²) in [4.78, 5) is 0.341. The predicted octanol–water partition coefficient (Wildman–Crippen LogP) is 2.83. The molecule has 1 fully saturated rings. The maximum absolute atomic E-state index is 12.2. The van der Waals surface area contributed by atoms with E-state index in [2.05, 4.69) is 23.9 Å². The van der Waals surface area contributed by atoms with E-state index in [1.165, 1.54) is 6.42 Å². The van der Waals surface area contributed by atoms with E-state index in [-0.39, 0.29) is 0 Å². The third-order valence-electron chi connectivity index (χ3n) is 4.32. The Morgan fingerprint density at radius 2 is 1.90 bits per heavy atom. The second-order valence-corrected chi connectivity index (χ2v) is 7.40. The Balaban J connectivity index is 2.25. The van der Waals surface area contributed by atoms with Crippen molar-refractivity contribution in [3.05, 3.63) is 24.3 Å². The van der Waals surface area contributed by atoms with Gasteiger partial charge in [-0.2, -0.15) is 0 Å². The van der Waals surface area contributed by atoms with Gasteiger partial charge in [-0.3, -0.25) is 0 Å². The summed E-state index contributed by atoms with van der Waals surface area (Å²) in [5.74, 6) is 1.25. The number of anilines is 1. The molecule has 3 atom stereocenters. The molecular formula is C15H24N2O2S. The van der Waals surface area contributed by atoms with Gasteiger partial charge in [-0.25, -0.2) is 13.1 Å². The summed E-state index contributed by atoms with van der Waals surface area (Å²) < 4.78 is 27.0. The zero-order chi connectivity index (χ0) is 14.8. The molecule has 0 aromatic heterocycles. The van der Waals surface area contributed by atoms with Crippen molar-refractivity contribution in [3.63, 3.8) is 0 Å². The lowest BCUT2D eigenvalue weighted by Crippen LogP contribution is -2.28. The van der Waals surface area contributed by atoms with E-state index >= 15 is 0 Å². The van der Waals surface area contributed by atoms with Crippen LogP contribution in [0.4, 0.5) is 5.69 Å². The van der Waals surface area contributed by atoms with Crippen molar-refractivity contribution in [2.75, 3.05) is 11.9 Å². The third kappa shape index (κ3) is 3.15. The van der Waals surface area contributed by atoms with Crippen molar-refractivity contribution in [1.82, 2.24) is 4.72 Å². The van der Waals surface area contributed by atoms with Gasteiger partial charge in [0.05, 0.1) is 5.69 Å². The molecule has 1 aliphatic carbocycles. The molecule has 4 nitrogen and oxygen atoms in total. The predicted molar refractivity (Wildman–Crippen MR) is 82.3 cm³/mol. The molecule has 0 bridgehead atoms. The van der Waals surface area contributed by atoms with Crippen LogP contribution in [0.2, 0.25) is 0 Å². The van der Waals surface area contributed by atoms with E-state index in [0.717, 1.165) is 6.42 Å². The van der Waals surface area contributed by atoms with Gasteiger partial charge in [-0.05, 0) is 36.8 Å². The summed E-state index contributed by atoms with van der Waals surface area (Å²) in [5, 5.41) is 3.43. The van der Waals surface area contributed by atoms with Crippen molar-refractivity contribution in [2.24, 2.45) is 11.8 Å². The average Bonchev–Trinajstić information content (AvgIpc) is 2.71. The second-order valence-electron chi connectivity index (χ2n) is 5.66. The largest absolute Gasteiger partial charge is 0.381 e. The SMILES string of the molecule is CCNS(=O)(=O)c1ccccc1NC1CCC(C)C1C. The summed E-state index contributed by atoms with van der Waals surface area (Å²) in [6.07, 6.45) is 2.29. The number of hydrogen-bond donors (Lipinski definition) is 2. The van der Waals surface area contributed by atoms with Crippen molar-refractivity contribution in [3.8, 4) is 0 Å². The van der Waals surface area contributed by atoms with Crippen molar-refractivity contribution in [1.29, 1.82) is 0 Å². The van der Waals surface area contributed by atoms with Gasteiger partial charge in [0.25, 0.3) is 0 Å². The molecule has 112 valence electrons. The van der Waals surface area contributed by atoms with Crippen molar-refractivity contribution < 1.29 is 8.42 Å². The summed E-state index contributed by atoms with van der Waals surface area (Å²) >= 11 is 0. The van der Waals surface area contributed by atoms with Gasteiger partial charge in [-0.1, -0.05) is 32.9 Å². The van der Waals surface area contributed by atoms with E-state index in [1.807, 2.05) is 12.1 Å². The van der Waals surface area contributed by atoms with Gasteiger partial charge in [0, 0.05) is 12.6 Å². The van der Waals surface area contributed by atoms with E-state index in [9.17, 15) is 8.42 Å². The van der Waals surface area contributed by atoms with Crippen LogP contribution in [0.25, 0.3) is 0 Å². The average molecular weight is 296 g/mol. The minimum absolute atomic E-state index is 0.341. The Morgan fingerprint density at radius 3 is 2.50 bits per heavy atom. The van der Waals surface area contributed by atoms with Crippen LogP contribution < -0.4 is 10.0 Å². The van der Waals surface area contributed by atoms with Gasteiger partial charge in [-0.15, -0.1) is 0 Å². The molecule has 0 aliphatic heterocycles. The number of hydrogen-bond acceptors (Lipinski definition) is 3. The lowest BCUT2D eigenvalue weighted by molar-refractivity contribution is 0.435. The molecule has 1 aromatic carbocycles. The maximum Gasteiger partial charge on any atom is 0.242 e. The van der Waals surface area contributed by atoms with Gasteiger partial charge >= 0.3 is 0 Å². The van der Waals surface area contributed by atoms with Crippen LogP contribution in [-0.4, -0.2) is 21.0 Å². The molecular weight excluding hydrogens is 272 g/mol. The second kappa shape index (κ2) is 6.14. The zero-order valence-electron chi connectivity index (χ0n) is 12.4. The Kier molecular flexibility index (Phi) is 4.70. The molecule has 1 aliphatic rings. The van der Waals surface area contributed by atoms with E-state index in [0.29, 0.717) is 35.0 Å². The topological polar surface area (TPSA) is 58.2 Å². The molecule has 0 saturated heterocycles. The van der Waals surface area contributed by atoms with E-state index in [1.54, 1.807) is 19.1 Å². The highest BCUT2D eigenvalue weighted by Gasteiger charge is 2.30. The molecule has 1 saturated carbocycles. The highest BCUT2D eigenvalue weighted by molar-refractivity contribution is 7.89. The molecule has 3 unspecified atom stereocenters. The van der Waals surface area contributed by atoms with Crippen LogP contribution in [0.5, 0.6) is 0 Å². The minimum atomic E-state index is -3.43. The summed E-state index contributed by atoms with van der Waals surface area (Å²) in [6.45, 7) is 6.67. The summed E-state index contributed by atoms with van der Waals surface area (Å²) in [7, 11) is -3.43. The van der Waals surface area contributed by atoms with Crippen LogP contribution in [0.3, 0.4) is 0 Å². The molecule has 0 heterocycles. The fraction of sp³-hybridized carbons (Fsp3) is 0.600. The van der Waals surface area contributed by atoms with E-state index in [4.69, 9.17) is 0 Å². The Labute approximate surface area is 122 Å². The lowest BCUT2D eigenvalue weighted by atomic mass is 9.97. The molecule has 20 heavy (non-hydrogen) atoms. The van der Waals surface area contributed by atoms with Crippen LogP contribution in [0.1, 0.15) is 33.6 Å². The summed E-state index contributed by atoms with van der Waals surface area (Å²) in [5.41, 5.74) is 0.708. The molecule has 5 heteroatoms. The fourth-order valence-corrected chi connectivity index (χ4v) is 4.07. The maximum atomic E-state index is 12.2. The number of para-hydroxylation sites is 1. The zero-order valence-corrected chi connectivity index (χ0v) is 13.2. The van der Waals surface area contributed by atoms with Gasteiger partial charge < -0.3 is 5.32 Å². The standard InChI is InChI=1S/C15H24N2O2S/c1-4-16-20(18,19)15-8-6-5-7-14(15)17-13-10-9-11(2)12(13)3/h5-8,11-13,16-17H,4,9-10H2,1-3H3. The van der Waals surface area contributed by atoms with Crippen molar-refractivity contribution in [2.45, 2.75) is 44.6 Å².